The Balaban J connectivity index is 2.24. The number of benzene rings is 1. The Morgan fingerprint density at radius 2 is 1.88 bits per heavy atom. The molecular formula is C14H23NS. The number of nitrogens with one attached hydrogen (secondary N) is 1. The molecule has 1 N–H and O–H groups in total. The Kier molecular flexibility index (Phi) is 5.93. The second kappa shape index (κ2) is 6.97. The van der Waals surface area contributed by atoms with Crippen LogP contribution in [0.4, 0.5) is 0 Å². The van der Waals surface area contributed by atoms with Gasteiger partial charge >= 0.3 is 0 Å². The first-order valence-electron chi connectivity index (χ1n) is 6.03. The van der Waals surface area contributed by atoms with Gasteiger partial charge in [-0.1, -0.05) is 32.0 Å². The van der Waals surface area contributed by atoms with Crippen molar-refractivity contribution in [3.05, 3.63) is 29.8 Å². The van der Waals surface area contributed by atoms with Crippen LogP contribution in [0, 0.1) is 12.8 Å². The molecule has 1 atom stereocenters. The second-order valence-electron chi connectivity index (χ2n) is 4.60. The average molecular weight is 237 g/mol. The third-order valence-electron chi connectivity index (χ3n) is 2.92. The van der Waals surface area contributed by atoms with Gasteiger partial charge in [0.05, 0.1) is 0 Å². The third-order valence-corrected chi connectivity index (χ3v) is 4.10. The summed E-state index contributed by atoms with van der Waals surface area (Å²) in [4.78, 5) is 1.40. The molecule has 0 aliphatic heterocycles. The molecule has 2 heteroatoms. The highest BCUT2D eigenvalue weighted by atomic mass is 32.2. The molecule has 0 heterocycles. The Hall–Kier alpha value is -0.470. The molecule has 0 aromatic heterocycles. The molecule has 1 rings (SSSR count). The molecule has 0 amide bonds. The highest BCUT2D eigenvalue weighted by molar-refractivity contribution is 7.99. The van der Waals surface area contributed by atoms with Crippen LogP contribution < -0.4 is 5.32 Å². The Labute approximate surface area is 104 Å². The van der Waals surface area contributed by atoms with E-state index in [1.165, 1.54) is 10.5 Å². The van der Waals surface area contributed by atoms with Crippen LogP contribution in [-0.2, 0) is 0 Å². The minimum Gasteiger partial charge on any atom is -0.313 e. The minimum atomic E-state index is 0.609. The normalized spacial score (nSPS) is 13.1. The van der Waals surface area contributed by atoms with Crippen LogP contribution in [0.5, 0.6) is 0 Å². The fraction of sp³-hybridized carbons (Fsp3) is 0.571. The van der Waals surface area contributed by atoms with Crippen molar-refractivity contribution in [3.8, 4) is 0 Å². The zero-order valence-corrected chi connectivity index (χ0v) is 11.6. The average Bonchev–Trinajstić information content (AvgIpc) is 2.26. The Morgan fingerprint density at radius 3 is 2.50 bits per heavy atom. The number of hydrogen-bond acceptors (Lipinski definition) is 2. The van der Waals surface area contributed by atoms with E-state index in [0.717, 1.165) is 12.3 Å². The van der Waals surface area contributed by atoms with Gasteiger partial charge in [-0.15, -0.1) is 11.8 Å². The first kappa shape index (κ1) is 13.6. The molecule has 90 valence electrons. The van der Waals surface area contributed by atoms with Gasteiger partial charge < -0.3 is 5.32 Å². The van der Waals surface area contributed by atoms with E-state index in [-0.39, 0.29) is 0 Å². The quantitative estimate of drug-likeness (QED) is 0.598. The maximum atomic E-state index is 3.55. The summed E-state index contributed by atoms with van der Waals surface area (Å²) < 4.78 is 0. The van der Waals surface area contributed by atoms with E-state index in [4.69, 9.17) is 0 Å². The monoisotopic (exact) mass is 237 g/mol. The van der Waals surface area contributed by atoms with Crippen molar-refractivity contribution >= 4 is 11.8 Å². The summed E-state index contributed by atoms with van der Waals surface area (Å²) in [5, 5.41) is 3.55. The summed E-state index contributed by atoms with van der Waals surface area (Å²) in [5.41, 5.74) is 1.38. The molecule has 0 saturated carbocycles. The van der Waals surface area contributed by atoms with E-state index in [0.29, 0.717) is 12.0 Å². The lowest BCUT2D eigenvalue weighted by atomic mass is 10.1. The highest BCUT2D eigenvalue weighted by Gasteiger charge is 2.05. The van der Waals surface area contributed by atoms with E-state index in [1.807, 2.05) is 11.8 Å². The molecular weight excluding hydrogens is 214 g/mol. The number of hydrogen-bond donors (Lipinski definition) is 1. The van der Waals surface area contributed by atoms with Gasteiger partial charge in [0.25, 0.3) is 0 Å². The van der Waals surface area contributed by atoms with Crippen molar-refractivity contribution in [2.75, 3.05) is 12.3 Å². The van der Waals surface area contributed by atoms with Crippen LogP contribution in [0.3, 0.4) is 0 Å². The van der Waals surface area contributed by atoms with Gasteiger partial charge in [0.1, 0.15) is 0 Å². The van der Waals surface area contributed by atoms with Crippen molar-refractivity contribution in [1.29, 1.82) is 0 Å². The van der Waals surface area contributed by atoms with Gasteiger partial charge in [0.15, 0.2) is 0 Å². The van der Waals surface area contributed by atoms with Crippen molar-refractivity contribution in [2.24, 2.45) is 5.92 Å². The SMILES string of the molecule is Cc1ccccc1SCCNC(C)C(C)C. The van der Waals surface area contributed by atoms with Crippen LogP contribution in [0.15, 0.2) is 29.2 Å². The van der Waals surface area contributed by atoms with E-state index in [2.05, 4.69) is 57.3 Å². The second-order valence-corrected chi connectivity index (χ2v) is 5.74. The van der Waals surface area contributed by atoms with Gasteiger partial charge in [0.2, 0.25) is 0 Å². The molecule has 0 spiro atoms. The Morgan fingerprint density at radius 1 is 1.19 bits per heavy atom. The minimum absolute atomic E-state index is 0.609. The summed E-state index contributed by atoms with van der Waals surface area (Å²) >= 11 is 1.94. The first-order valence-corrected chi connectivity index (χ1v) is 7.01. The Bertz CT molecular complexity index is 309. The van der Waals surface area contributed by atoms with Crippen molar-refractivity contribution in [2.45, 2.75) is 38.6 Å². The van der Waals surface area contributed by atoms with Gasteiger partial charge in [-0.05, 0) is 31.4 Å². The molecule has 0 aliphatic carbocycles. The van der Waals surface area contributed by atoms with Gasteiger partial charge in [-0.25, -0.2) is 0 Å². The standard InChI is InChI=1S/C14H23NS/c1-11(2)13(4)15-9-10-16-14-8-6-5-7-12(14)3/h5-8,11,13,15H,9-10H2,1-4H3. The molecule has 0 bridgehead atoms. The number of aryl methyl sites for hydroxylation is 1. The van der Waals surface area contributed by atoms with Crippen LogP contribution in [0.2, 0.25) is 0 Å². The van der Waals surface area contributed by atoms with Crippen LogP contribution in [0.25, 0.3) is 0 Å². The molecule has 1 unspecified atom stereocenters. The molecule has 0 fully saturated rings. The largest absolute Gasteiger partial charge is 0.313 e. The highest BCUT2D eigenvalue weighted by Crippen LogP contribution is 2.21. The topological polar surface area (TPSA) is 12.0 Å². The fourth-order valence-electron chi connectivity index (χ4n) is 1.40. The predicted octanol–water partition coefficient (Wildman–Crippen LogP) is 3.72. The molecule has 1 nitrogen and oxygen atoms in total. The number of thioether (sulfide) groups is 1. The summed E-state index contributed by atoms with van der Waals surface area (Å²) in [6.07, 6.45) is 0. The van der Waals surface area contributed by atoms with Crippen LogP contribution >= 0.6 is 11.8 Å². The first-order chi connectivity index (χ1) is 7.61. The van der Waals surface area contributed by atoms with Crippen molar-refractivity contribution in [1.82, 2.24) is 5.32 Å². The zero-order chi connectivity index (χ0) is 12.0. The van der Waals surface area contributed by atoms with Gasteiger partial charge in [0, 0.05) is 23.2 Å². The van der Waals surface area contributed by atoms with E-state index in [1.54, 1.807) is 0 Å². The summed E-state index contributed by atoms with van der Waals surface area (Å²) in [7, 11) is 0. The van der Waals surface area contributed by atoms with Crippen molar-refractivity contribution in [3.63, 3.8) is 0 Å². The van der Waals surface area contributed by atoms with E-state index >= 15 is 0 Å². The van der Waals surface area contributed by atoms with Crippen molar-refractivity contribution < 1.29 is 0 Å². The lowest BCUT2D eigenvalue weighted by Crippen LogP contribution is -2.32. The van der Waals surface area contributed by atoms with Gasteiger partial charge in [-0.2, -0.15) is 0 Å². The lowest BCUT2D eigenvalue weighted by Gasteiger charge is -2.17. The van der Waals surface area contributed by atoms with E-state index < -0.39 is 0 Å². The van der Waals surface area contributed by atoms with Crippen LogP contribution in [-0.4, -0.2) is 18.3 Å². The molecule has 1 aromatic carbocycles. The molecule has 0 saturated heterocycles. The third kappa shape index (κ3) is 4.58. The van der Waals surface area contributed by atoms with Gasteiger partial charge in [-0.3, -0.25) is 0 Å². The van der Waals surface area contributed by atoms with Crippen LogP contribution in [0.1, 0.15) is 26.3 Å². The molecule has 0 aliphatic rings. The zero-order valence-electron chi connectivity index (χ0n) is 10.8. The summed E-state index contributed by atoms with van der Waals surface area (Å²) in [6.45, 7) is 10.0. The fourth-order valence-corrected chi connectivity index (χ4v) is 2.31. The summed E-state index contributed by atoms with van der Waals surface area (Å²) in [5.74, 6) is 1.85. The molecule has 0 radical (unpaired) electrons. The molecule has 1 aromatic rings. The summed E-state index contributed by atoms with van der Waals surface area (Å²) in [6, 6.07) is 9.19. The maximum absolute atomic E-state index is 3.55. The smallest absolute Gasteiger partial charge is 0.0106 e. The maximum Gasteiger partial charge on any atom is 0.0106 e. The lowest BCUT2D eigenvalue weighted by molar-refractivity contribution is 0.438. The van der Waals surface area contributed by atoms with E-state index in [9.17, 15) is 0 Å². The number of rotatable bonds is 6. The molecule has 16 heavy (non-hydrogen) atoms. The predicted molar refractivity (Wildman–Crippen MR) is 74.2 cm³/mol.